The van der Waals surface area contributed by atoms with Crippen LogP contribution in [0.25, 0.3) is 33.3 Å². The van der Waals surface area contributed by atoms with Crippen LogP contribution >= 0.6 is 0 Å². The standard InChI is InChI=1S/C18H12N4O4/c1-10(23)21-14-9-5-4-8-13(14)20-16(18(21)24)15-17(22(25)26)11-6-2-3-7-12(11)19-15/h2-9,19H,1H3. The van der Waals surface area contributed by atoms with E-state index in [1.807, 2.05) is 0 Å². The summed E-state index contributed by atoms with van der Waals surface area (Å²) in [6, 6.07) is 13.3. The molecule has 2 aromatic carbocycles. The molecular formula is C18H12N4O4. The third-order valence-electron chi connectivity index (χ3n) is 4.17. The Morgan fingerprint density at radius 3 is 2.58 bits per heavy atom. The SMILES string of the molecule is CC(=O)n1c(=O)c(-c2[nH]c3ccccc3c2[N+](=O)[O-])nc2ccccc21. The molecule has 1 N–H and O–H groups in total. The van der Waals surface area contributed by atoms with Crippen LogP contribution in [0.3, 0.4) is 0 Å². The fraction of sp³-hybridized carbons (Fsp3) is 0.0556. The van der Waals surface area contributed by atoms with E-state index in [0.29, 0.717) is 21.9 Å². The number of aromatic nitrogens is 3. The van der Waals surface area contributed by atoms with Crippen LogP contribution in [-0.2, 0) is 0 Å². The number of H-pyrrole nitrogens is 1. The van der Waals surface area contributed by atoms with E-state index >= 15 is 0 Å². The van der Waals surface area contributed by atoms with E-state index in [9.17, 15) is 19.7 Å². The molecule has 0 spiro atoms. The molecule has 0 bridgehead atoms. The molecule has 0 saturated carbocycles. The number of nitrogens with zero attached hydrogens (tertiary/aromatic N) is 3. The Labute approximate surface area is 145 Å². The highest BCUT2D eigenvalue weighted by molar-refractivity contribution is 5.98. The fourth-order valence-electron chi connectivity index (χ4n) is 3.09. The predicted molar refractivity (Wildman–Crippen MR) is 96.3 cm³/mol. The number of hydrogen-bond acceptors (Lipinski definition) is 5. The monoisotopic (exact) mass is 348 g/mol. The number of hydrogen-bond donors (Lipinski definition) is 1. The van der Waals surface area contributed by atoms with E-state index in [0.717, 1.165) is 4.57 Å². The van der Waals surface area contributed by atoms with Crippen molar-refractivity contribution in [3.8, 4) is 11.4 Å². The Morgan fingerprint density at radius 2 is 1.85 bits per heavy atom. The van der Waals surface area contributed by atoms with Crippen LogP contribution in [0.1, 0.15) is 11.7 Å². The average Bonchev–Trinajstić information content (AvgIpc) is 3.00. The van der Waals surface area contributed by atoms with Crippen LogP contribution in [0.4, 0.5) is 5.69 Å². The van der Waals surface area contributed by atoms with Gasteiger partial charge >= 0.3 is 5.69 Å². The molecule has 0 aliphatic rings. The van der Waals surface area contributed by atoms with E-state index in [1.54, 1.807) is 48.5 Å². The summed E-state index contributed by atoms with van der Waals surface area (Å²) in [5.74, 6) is -0.492. The predicted octanol–water partition coefficient (Wildman–Crippen LogP) is 3.11. The molecule has 4 aromatic rings. The Morgan fingerprint density at radius 1 is 1.15 bits per heavy atom. The number of carbonyl (C=O) groups is 1. The van der Waals surface area contributed by atoms with E-state index in [4.69, 9.17) is 0 Å². The van der Waals surface area contributed by atoms with Crippen molar-refractivity contribution in [1.29, 1.82) is 0 Å². The first-order chi connectivity index (χ1) is 12.5. The molecule has 0 radical (unpaired) electrons. The van der Waals surface area contributed by atoms with Crippen molar-refractivity contribution < 1.29 is 9.72 Å². The summed E-state index contributed by atoms with van der Waals surface area (Å²) >= 11 is 0. The Kier molecular flexibility index (Phi) is 3.40. The summed E-state index contributed by atoms with van der Waals surface area (Å²) in [5, 5.41) is 12.0. The Balaban J connectivity index is 2.17. The van der Waals surface area contributed by atoms with Crippen molar-refractivity contribution in [2.45, 2.75) is 6.92 Å². The molecule has 0 amide bonds. The third kappa shape index (κ3) is 2.20. The van der Waals surface area contributed by atoms with Crippen LogP contribution in [0.15, 0.2) is 53.3 Å². The minimum atomic E-state index is -0.703. The number of carbonyl (C=O) groups excluding carboxylic acids is 1. The van der Waals surface area contributed by atoms with Crippen LogP contribution in [0, 0.1) is 10.1 Å². The fourth-order valence-corrected chi connectivity index (χ4v) is 3.09. The molecule has 26 heavy (non-hydrogen) atoms. The van der Waals surface area contributed by atoms with Crippen molar-refractivity contribution >= 4 is 33.5 Å². The van der Waals surface area contributed by atoms with Gasteiger partial charge in [-0.25, -0.2) is 9.55 Å². The summed E-state index contributed by atoms with van der Waals surface area (Å²) in [6.45, 7) is 1.26. The lowest BCUT2D eigenvalue weighted by Gasteiger charge is -2.08. The highest BCUT2D eigenvalue weighted by Crippen LogP contribution is 2.34. The number of fused-ring (bicyclic) bond motifs is 2. The van der Waals surface area contributed by atoms with Crippen molar-refractivity contribution in [3.05, 3.63) is 69.0 Å². The highest BCUT2D eigenvalue weighted by atomic mass is 16.6. The van der Waals surface area contributed by atoms with Gasteiger partial charge in [-0.2, -0.15) is 0 Å². The summed E-state index contributed by atoms with van der Waals surface area (Å²) in [5.41, 5.74) is 0.140. The molecule has 0 fully saturated rings. The molecule has 0 saturated heterocycles. The zero-order valence-electron chi connectivity index (χ0n) is 13.6. The van der Waals surface area contributed by atoms with Gasteiger partial charge in [-0.05, 0) is 24.3 Å². The maximum atomic E-state index is 12.9. The van der Waals surface area contributed by atoms with Gasteiger partial charge in [0.25, 0.3) is 5.56 Å². The molecular weight excluding hydrogens is 336 g/mol. The quantitative estimate of drug-likeness (QED) is 0.442. The summed E-state index contributed by atoms with van der Waals surface area (Å²) < 4.78 is 0.979. The van der Waals surface area contributed by atoms with Gasteiger partial charge in [-0.15, -0.1) is 0 Å². The third-order valence-corrected chi connectivity index (χ3v) is 4.17. The number of aromatic amines is 1. The van der Waals surface area contributed by atoms with Crippen LogP contribution < -0.4 is 5.56 Å². The van der Waals surface area contributed by atoms with E-state index in [1.165, 1.54) is 6.92 Å². The van der Waals surface area contributed by atoms with Gasteiger partial charge in [0.1, 0.15) is 5.69 Å². The molecule has 0 atom stereocenters. The zero-order chi connectivity index (χ0) is 18.4. The first-order valence-electron chi connectivity index (χ1n) is 7.77. The van der Waals surface area contributed by atoms with Gasteiger partial charge in [-0.3, -0.25) is 19.7 Å². The van der Waals surface area contributed by atoms with Gasteiger partial charge in [0.2, 0.25) is 5.91 Å². The Bertz CT molecular complexity index is 1270. The highest BCUT2D eigenvalue weighted by Gasteiger charge is 2.27. The van der Waals surface area contributed by atoms with Crippen molar-refractivity contribution in [2.24, 2.45) is 0 Å². The van der Waals surface area contributed by atoms with E-state index in [-0.39, 0.29) is 17.1 Å². The molecule has 0 aliphatic carbocycles. The second-order valence-electron chi connectivity index (χ2n) is 5.76. The molecule has 128 valence electrons. The number of para-hydroxylation sites is 3. The van der Waals surface area contributed by atoms with E-state index < -0.39 is 16.4 Å². The molecule has 8 nitrogen and oxygen atoms in total. The lowest BCUT2D eigenvalue weighted by atomic mass is 10.2. The maximum Gasteiger partial charge on any atom is 0.304 e. The minimum absolute atomic E-state index is 0.0121. The van der Waals surface area contributed by atoms with E-state index in [2.05, 4.69) is 9.97 Å². The molecule has 2 aromatic heterocycles. The van der Waals surface area contributed by atoms with Crippen molar-refractivity contribution in [3.63, 3.8) is 0 Å². The van der Waals surface area contributed by atoms with Gasteiger partial charge < -0.3 is 4.98 Å². The summed E-state index contributed by atoms with van der Waals surface area (Å²) in [6.07, 6.45) is 0. The zero-order valence-corrected chi connectivity index (χ0v) is 13.6. The van der Waals surface area contributed by atoms with Gasteiger partial charge in [0.05, 0.1) is 26.9 Å². The normalized spacial score (nSPS) is 11.1. The smallest absolute Gasteiger partial charge is 0.304 e. The van der Waals surface area contributed by atoms with Gasteiger partial charge in [0.15, 0.2) is 5.69 Å². The lowest BCUT2D eigenvalue weighted by molar-refractivity contribution is -0.382. The summed E-state index contributed by atoms with van der Waals surface area (Å²) in [4.78, 5) is 43.3. The van der Waals surface area contributed by atoms with Crippen LogP contribution in [-0.4, -0.2) is 25.4 Å². The first-order valence-corrected chi connectivity index (χ1v) is 7.77. The topological polar surface area (TPSA) is 111 Å². The largest absolute Gasteiger partial charge is 0.347 e. The first kappa shape index (κ1) is 15.7. The second-order valence-corrected chi connectivity index (χ2v) is 5.76. The van der Waals surface area contributed by atoms with Crippen molar-refractivity contribution in [1.82, 2.24) is 14.5 Å². The van der Waals surface area contributed by atoms with Crippen molar-refractivity contribution in [2.75, 3.05) is 0 Å². The molecule has 8 heteroatoms. The van der Waals surface area contributed by atoms with Crippen LogP contribution in [0.2, 0.25) is 0 Å². The number of nitro groups is 1. The lowest BCUT2D eigenvalue weighted by Crippen LogP contribution is -2.27. The Hall–Kier alpha value is -3.81. The maximum absolute atomic E-state index is 12.9. The average molecular weight is 348 g/mol. The molecule has 0 unspecified atom stereocenters. The molecule has 2 heterocycles. The van der Waals surface area contributed by atoms with Gasteiger partial charge in [-0.1, -0.05) is 24.3 Å². The molecule has 4 rings (SSSR count). The number of benzene rings is 2. The van der Waals surface area contributed by atoms with Gasteiger partial charge in [0, 0.05) is 6.92 Å². The minimum Gasteiger partial charge on any atom is -0.347 e. The number of nitrogens with one attached hydrogen (secondary N) is 1. The number of rotatable bonds is 2. The molecule has 0 aliphatic heterocycles. The second kappa shape index (κ2) is 5.62. The van der Waals surface area contributed by atoms with Crippen LogP contribution in [0.5, 0.6) is 0 Å². The summed E-state index contributed by atoms with van der Waals surface area (Å²) in [7, 11) is 0.